The van der Waals surface area contributed by atoms with Crippen LogP contribution in [0.25, 0.3) is 0 Å². The zero-order valence-electron chi connectivity index (χ0n) is 13.5. The Kier molecular flexibility index (Phi) is 4.91. The third-order valence-corrected chi connectivity index (χ3v) is 4.73. The number of amides is 1. The molecule has 1 amide bonds. The number of anilines is 1. The molecule has 0 spiro atoms. The van der Waals surface area contributed by atoms with Crippen LogP contribution in [-0.4, -0.2) is 22.0 Å². The Morgan fingerprint density at radius 2 is 1.96 bits per heavy atom. The number of rotatable bonds is 4. The van der Waals surface area contributed by atoms with Crippen LogP contribution in [0, 0.1) is 13.8 Å². The van der Waals surface area contributed by atoms with Crippen molar-refractivity contribution in [1.29, 1.82) is 0 Å². The van der Waals surface area contributed by atoms with Crippen LogP contribution in [0.4, 0.5) is 5.13 Å². The molecular weight excluding hydrogens is 310 g/mol. The van der Waals surface area contributed by atoms with Gasteiger partial charge in [0.2, 0.25) is 0 Å². The average Bonchev–Trinajstić information content (AvgIpc) is 2.93. The molecule has 0 unspecified atom stereocenters. The van der Waals surface area contributed by atoms with Crippen LogP contribution in [0.3, 0.4) is 0 Å². The van der Waals surface area contributed by atoms with Gasteiger partial charge in [-0.05, 0) is 39.5 Å². The monoisotopic (exact) mass is 331 g/mol. The number of hydrogen-bond donors (Lipinski definition) is 1. The molecule has 1 fully saturated rings. The van der Waals surface area contributed by atoms with Crippen molar-refractivity contribution in [2.75, 3.05) is 5.32 Å². The number of carbonyl (C=O) groups is 1. The molecule has 0 radical (unpaired) electrons. The SMILES string of the molecule is Cc1cc(OC2CCCCC2)cc(C(=O)Nc2nc(C)cs2)n1. The van der Waals surface area contributed by atoms with Crippen LogP contribution >= 0.6 is 11.3 Å². The molecule has 2 aromatic heterocycles. The molecule has 122 valence electrons. The van der Waals surface area contributed by atoms with Gasteiger partial charge in [-0.25, -0.2) is 9.97 Å². The van der Waals surface area contributed by atoms with Crippen molar-refractivity contribution in [3.63, 3.8) is 0 Å². The van der Waals surface area contributed by atoms with Gasteiger partial charge in [-0.1, -0.05) is 6.42 Å². The number of nitrogens with one attached hydrogen (secondary N) is 1. The van der Waals surface area contributed by atoms with Crippen LogP contribution in [0.1, 0.15) is 54.0 Å². The number of aryl methyl sites for hydroxylation is 2. The second-order valence-corrected chi connectivity index (χ2v) is 6.81. The maximum atomic E-state index is 12.4. The Morgan fingerprint density at radius 1 is 1.17 bits per heavy atom. The number of nitrogens with zero attached hydrogens (tertiary/aromatic N) is 2. The number of carbonyl (C=O) groups excluding carboxylic acids is 1. The van der Waals surface area contributed by atoms with Gasteiger partial charge >= 0.3 is 0 Å². The van der Waals surface area contributed by atoms with Crippen LogP contribution in [0.5, 0.6) is 5.75 Å². The molecule has 1 saturated carbocycles. The average molecular weight is 331 g/mol. The first kappa shape index (κ1) is 15.9. The third kappa shape index (κ3) is 4.28. The van der Waals surface area contributed by atoms with Crippen LogP contribution in [-0.2, 0) is 0 Å². The summed E-state index contributed by atoms with van der Waals surface area (Å²) in [6, 6.07) is 3.61. The molecule has 5 nitrogen and oxygen atoms in total. The van der Waals surface area contributed by atoms with E-state index in [1.165, 1.54) is 30.6 Å². The van der Waals surface area contributed by atoms with Crippen molar-refractivity contribution in [3.8, 4) is 5.75 Å². The summed E-state index contributed by atoms with van der Waals surface area (Å²) in [6.45, 7) is 3.77. The smallest absolute Gasteiger partial charge is 0.276 e. The largest absolute Gasteiger partial charge is 0.490 e. The first-order chi connectivity index (χ1) is 11.1. The summed E-state index contributed by atoms with van der Waals surface area (Å²) in [5.74, 6) is 0.474. The standard InChI is InChI=1S/C17H21N3O2S/c1-11-8-14(22-13-6-4-3-5-7-13)9-15(18-11)16(21)20-17-19-12(2)10-23-17/h8-10,13H,3-7H2,1-2H3,(H,19,20,21). The summed E-state index contributed by atoms with van der Waals surface area (Å²) >= 11 is 1.41. The lowest BCUT2D eigenvalue weighted by atomic mass is 9.98. The zero-order valence-corrected chi connectivity index (χ0v) is 14.3. The first-order valence-electron chi connectivity index (χ1n) is 7.99. The van der Waals surface area contributed by atoms with E-state index in [1.54, 1.807) is 6.07 Å². The quantitative estimate of drug-likeness (QED) is 0.915. The maximum Gasteiger partial charge on any atom is 0.276 e. The van der Waals surface area contributed by atoms with Gasteiger partial charge in [0.1, 0.15) is 11.4 Å². The Balaban J connectivity index is 1.72. The molecule has 23 heavy (non-hydrogen) atoms. The van der Waals surface area contributed by atoms with E-state index in [-0.39, 0.29) is 12.0 Å². The van der Waals surface area contributed by atoms with Gasteiger partial charge in [-0.2, -0.15) is 0 Å². The van der Waals surface area contributed by atoms with E-state index in [0.717, 1.165) is 30.0 Å². The van der Waals surface area contributed by atoms with Crippen molar-refractivity contribution < 1.29 is 9.53 Å². The predicted molar refractivity (Wildman–Crippen MR) is 91.3 cm³/mol. The van der Waals surface area contributed by atoms with Crippen molar-refractivity contribution >= 4 is 22.4 Å². The fourth-order valence-corrected chi connectivity index (χ4v) is 3.45. The van der Waals surface area contributed by atoms with Crippen LogP contribution < -0.4 is 10.1 Å². The molecule has 3 rings (SSSR count). The lowest BCUT2D eigenvalue weighted by molar-refractivity contribution is 0.102. The van der Waals surface area contributed by atoms with Gasteiger partial charge in [0.05, 0.1) is 11.8 Å². The minimum Gasteiger partial charge on any atom is -0.490 e. The second-order valence-electron chi connectivity index (χ2n) is 5.96. The van der Waals surface area contributed by atoms with Crippen LogP contribution in [0.2, 0.25) is 0 Å². The van der Waals surface area contributed by atoms with E-state index in [1.807, 2.05) is 25.3 Å². The number of thiazole rings is 1. The molecular formula is C17H21N3O2S. The van der Waals surface area contributed by atoms with Gasteiger partial charge in [-0.15, -0.1) is 11.3 Å². The normalized spacial score (nSPS) is 15.4. The van der Waals surface area contributed by atoms with Crippen molar-refractivity contribution in [1.82, 2.24) is 9.97 Å². The lowest BCUT2D eigenvalue weighted by Crippen LogP contribution is -2.20. The summed E-state index contributed by atoms with van der Waals surface area (Å²) in [4.78, 5) is 20.9. The molecule has 1 aliphatic rings. The molecule has 1 N–H and O–H groups in total. The molecule has 2 heterocycles. The summed E-state index contributed by atoms with van der Waals surface area (Å²) in [6.07, 6.45) is 6.14. The number of hydrogen-bond acceptors (Lipinski definition) is 5. The molecule has 0 aliphatic heterocycles. The van der Waals surface area contributed by atoms with Crippen molar-refractivity contribution in [3.05, 3.63) is 34.6 Å². The summed E-state index contributed by atoms with van der Waals surface area (Å²) in [7, 11) is 0. The molecule has 6 heteroatoms. The van der Waals surface area contributed by atoms with Crippen molar-refractivity contribution in [2.24, 2.45) is 0 Å². The summed E-state index contributed by atoms with van der Waals surface area (Å²) < 4.78 is 6.05. The van der Waals surface area contributed by atoms with E-state index < -0.39 is 0 Å². The fraction of sp³-hybridized carbons (Fsp3) is 0.471. The highest BCUT2D eigenvalue weighted by molar-refractivity contribution is 7.13. The number of pyridine rings is 1. The predicted octanol–water partition coefficient (Wildman–Crippen LogP) is 4.12. The molecule has 0 bridgehead atoms. The van der Waals surface area contributed by atoms with Crippen LogP contribution in [0.15, 0.2) is 17.5 Å². The molecule has 0 atom stereocenters. The Bertz CT molecular complexity index is 693. The minimum absolute atomic E-state index is 0.253. The van der Waals surface area contributed by atoms with Crippen molar-refractivity contribution in [2.45, 2.75) is 52.1 Å². The molecule has 1 aliphatic carbocycles. The zero-order chi connectivity index (χ0) is 16.2. The third-order valence-electron chi connectivity index (χ3n) is 3.85. The summed E-state index contributed by atoms with van der Waals surface area (Å²) in [5, 5.41) is 5.28. The Labute approximate surface area is 140 Å². The van der Waals surface area contributed by atoms with Gasteiger partial charge in [0.15, 0.2) is 5.13 Å². The number of ether oxygens (including phenoxy) is 1. The fourth-order valence-electron chi connectivity index (χ4n) is 2.77. The second kappa shape index (κ2) is 7.08. The van der Waals surface area contributed by atoms with Gasteiger partial charge in [0.25, 0.3) is 5.91 Å². The lowest BCUT2D eigenvalue weighted by Gasteiger charge is -2.23. The Hall–Kier alpha value is -1.95. The van der Waals surface area contributed by atoms with E-state index in [4.69, 9.17) is 4.74 Å². The maximum absolute atomic E-state index is 12.4. The highest BCUT2D eigenvalue weighted by Gasteiger charge is 2.17. The van der Waals surface area contributed by atoms with E-state index in [2.05, 4.69) is 15.3 Å². The highest BCUT2D eigenvalue weighted by atomic mass is 32.1. The topological polar surface area (TPSA) is 64.1 Å². The van der Waals surface area contributed by atoms with E-state index in [0.29, 0.717) is 10.8 Å². The van der Waals surface area contributed by atoms with Gasteiger partial charge < -0.3 is 4.74 Å². The minimum atomic E-state index is -0.253. The first-order valence-corrected chi connectivity index (χ1v) is 8.87. The number of aromatic nitrogens is 2. The molecule has 2 aromatic rings. The van der Waals surface area contributed by atoms with E-state index in [9.17, 15) is 4.79 Å². The molecule has 0 aromatic carbocycles. The van der Waals surface area contributed by atoms with Gasteiger partial charge in [0, 0.05) is 23.2 Å². The summed E-state index contributed by atoms with van der Waals surface area (Å²) in [5.41, 5.74) is 2.03. The highest BCUT2D eigenvalue weighted by Crippen LogP contribution is 2.24. The molecule has 0 saturated heterocycles. The van der Waals surface area contributed by atoms with Gasteiger partial charge in [-0.3, -0.25) is 10.1 Å². The van der Waals surface area contributed by atoms with E-state index >= 15 is 0 Å². The Morgan fingerprint density at radius 3 is 2.65 bits per heavy atom.